The lowest BCUT2D eigenvalue weighted by atomic mass is 9.91. The Morgan fingerprint density at radius 2 is 1.91 bits per heavy atom. The van der Waals surface area contributed by atoms with Crippen LogP contribution >= 0.6 is 0 Å². The highest BCUT2D eigenvalue weighted by Crippen LogP contribution is 2.38. The van der Waals surface area contributed by atoms with Gasteiger partial charge in [0.1, 0.15) is 12.4 Å². The van der Waals surface area contributed by atoms with Crippen LogP contribution in [0.4, 0.5) is 5.69 Å². The Morgan fingerprint density at radius 3 is 2.61 bits per heavy atom. The van der Waals surface area contributed by atoms with E-state index in [-0.39, 0.29) is 23.5 Å². The molecular weight excluding hydrogens is 420 g/mol. The van der Waals surface area contributed by atoms with Gasteiger partial charge in [0, 0.05) is 30.7 Å². The van der Waals surface area contributed by atoms with E-state index >= 15 is 0 Å². The first kappa shape index (κ1) is 21.5. The largest absolute Gasteiger partial charge is 0.492 e. The van der Waals surface area contributed by atoms with Crippen LogP contribution in [-0.2, 0) is 0 Å². The number of hydrogen-bond donors (Lipinski definition) is 2. The topological polar surface area (TPSA) is 121 Å². The molecule has 174 valence electrons. The first-order valence-corrected chi connectivity index (χ1v) is 11.5. The third-order valence-electron chi connectivity index (χ3n) is 7.01. The maximum absolute atomic E-state index is 12.8. The summed E-state index contributed by atoms with van der Waals surface area (Å²) < 4.78 is 8.22. The number of nitrogens with zero attached hydrogens (tertiary/aromatic N) is 4. The van der Waals surface area contributed by atoms with Crippen molar-refractivity contribution in [2.75, 3.05) is 30.4 Å². The van der Waals surface area contributed by atoms with E-state index in [2.05, 4.69) is 16.8 Å². The van der Waals surface area contributed by atoms with Crippen molar-refractivity contribution >= 4 is 16.7 Å². The standard InChI is InChI=1S/C24H30N6O3/c1-14-11-28(12-18(14)19(25)13-33-17-6-4-3-5-7-17)20-10-27-21-22(15(20)2)29(16-8-9-16)24(32)30(26)23(21)31/h3-7,10,14,16,18-19H,8-9,11-13,25-26H2,1-2H3. The summed E-state index contributed by atoms with van der Waals surface area (Å²) in [7, 11) is 0. The molecule has 5 rings (SSSR count). The highest BCUT2D eigenvalue weighted by atomic mass is 16.5. The molecule has 0 radical (unpaired) electrons. The lowest BCUT2D eigenvalue weighted by Gasteiger charge is -2.24. The zero-order chi connectivity index (χ0) is 23.3. The van der Waals surface area contributed by atoms with Gasteiger partial charge >= 0.3 is 11.2 Å². The predicted molar refractivity (Wildman–Crippen MR) is 128 cm³/mol. The van der Waals surface area contributed by atoms with Crippen LogP contribution in [0.15, 0.2) is 46.1 Å². The van der Waals surface area contributed by atoms with Gasteiger partial charge in [-0.15, -0.1) is 0 Å². The number of anilines is 1. The van der Waals surface area contributed by atoms with Crippen LogP contribution in [0.1, 0.15) is 31.4 Å². The summed E-state index contributed by atoms with van der Waals surface area (Å²) in [6.07, 6.45) is 3.52. The third-order valence-corrected chi connectivity index (χ3v) is 7.01. The molecule has 33 heavy (non-hydrogen) atoms. The van der Waals surface area contributed by atoms with Crippen LogP contribution in [0.25, 0.3) is 11.0 Å². The van der Waals surface area contributed by atoms with Gasteiger partial charge in [0.05, 0.1) is 17.4 Å². The summed E-state index contributed by atoms with van der Waals surface area (Å²) in [4.78, 5) is 32.1. The van der Waals surface area contributed by atoms with E-state index < -0.39 is 11.2 Å². The van der Waals surface area contributed by atoms with Gasteiger partial charge in [-0.2, -0.15) is 4.68 Å². The number of benzene rings is 1. The van der Waals surface area contributed by atoms with Gasteiger partial charge in [-0.25, -0.2) is 9.78 Å². The second-order valence-corrected chi connectivity index (χ2v) is 9.36. The predicted octanol–water partition coefficient (Wildman–Crippen LogP) is 1.39. The first-order valence-electron chi connectivity index (χ1n) is 11.5. The number of aromatic nitrogens is 3. The van der Waals surface area contributed by atoms with Gasteiger partial charge < -0.3 is 21.2 Å². The summed E-state index contributed by atoms with van der Waals surface area (Å²) in [5, 5.41) is 0. The summed E-state index contributed by atoms with van der Waals surface area (Å²) in [6, 6.07) is 9.64. The van der Waals surface area contributed by atoms with Crippen molar-refractivity contribution in [3.05, 3.63) is 62.9 Å². The molecule has 0 spiro atoms. The fourth-order valence-corrected chi connectivity index (χ4v) is 5.02. The number of pyridine rings is 1. The Balaban J connectivity index is 1.43. The Hall–Kier alpha value is -3.33. The van der Waals surface area contributed by atoms with E-state index in [9.17, 15) is 9.59 Å². The van der Waals surface area contributed by atoms with Crippen molar-refractivity contribution in [1.29, 1.82) is 0 Å². The Labute approximate surface area is 191 Å². The lowest BCUT2D eigenvalue weighted by Crippen LogP contribution is -2.45. The number of rotatable bonds is 6. The Kier molecular flexibility index (Phi) is 5.36. The average molecular weight is 451 g/mol. The number of ether oxygens (including phenoxy) is 1. The zero-order valence-corrected chi connectivity index (χ0v) is 19.0. The minimum atomic E-state index is -0.561. The third kappa shape index (κ3) is 3.76. The van der Waals surface area contributed by atoms with Crippen LogP contribution in [-0.4, -0.2) is 40.0 Å². The van der Waals surface area contributed by atoms with Crippen LogP contribution in [0.5, 0.6) is 5.75 Å². The molecular formula is C24H30N6O3. The quantitative estimate of drug-likeness (QED) is 0.544. The molecule has 3 unspecified atom stereocenters. The lowest BCUT2D eigenvalue weighted by molar-refractivity contribution is 0.233. The molecule has 1 aliphatic carbocycles. The number of nitrogens with two attached hydrogens (primary N) is 2. The van der Waals surface area contributed by atoms with E-state index in [4.69, 9.17) is 16.3 Å². The molecule has 3 aromatic rings. The normalized spacial score (nSPS) is 21.5. The van der Waals surface area contributed by atoms with Gasteiger partial charge in [-0.05, 0) is 43.7 Å². The van der Waals surface area contributed by atoms with E-state index in [0.29, 0.717) is 22.7 Å². The number of aryl methyl sites for hydroxylation is 1. The number of hydrogen-bond acceptors (Lipinski definition) is 7. The molecule has 2 aromatic heterocycles. The van der Waals surface area contributed by atoms with Gasteiger partial charge in [0.2, 0.25) is 0 Å². The summed E-state index contributed by atoms with van der Waals surface area (Å²) in [6.45, 7) is 6.17. The van der Waals surface area contributed by atoms with E-state index in [1.165, 1.54) is 0 Å². The molecule has 3 heterocycles. The molecule has 4 N–H and O–H groups in total. The second kappa shape index (κ2) is 8.22. The maximum Gasteiger partial charge on any atom is 0.350 e. The molecule has 1 aromatic carbocycles. The van der Waals surface area contributed by atoms with Gasteiger partial charge in [-0.1, -0.05) is 25.1 Å². The summed E-state index contributed by atoms with van der Waals surface area (Å²) >= 11 is 0. The van der Waals surface area contributed by atoms with Crippen molar-refractivity contribution in [3.8, 4) is 5.75 Å². The SMILES string of the molecule is Cc1c(N2CC(C)C(C(N)COc3ccccc3)C2)cnc2c(=O)n(N)c(=O)n(C3CC3)c12. The smallest absolute Gasteiger partial charge is 0.350 e. The number of para-hydroxylation sites is 1. The van der Waals surface area contributed by atoms with E-state index in [1.54, 1.807) is 10.8 Å². The highest BCUT2D eigenvalue weighted by Gasteiger charge is 2.36. The summed E-state index contributed by atoms with van der Waals surface area (Å²) in [5.41, 5.74) is 8.14. The highest BCUT2D eigenvalue weighted by molar-refractivity contribution is 5.83. The molecule has 2 aliphatic rings. The molecule has 9 heteroatoms. The molecule has 0 amide bonds. The van der Waals surface area contributed by atoms with Crippen LogP contribution in [0.2, 0.25) is 0 Å². The average Bonchev–Trinajstić information content (AvgIpc) is 3.58. The van der Waals surface area contributed by atoms with Gasteiger partial charge in [-0.3, -0.25) is 9.36 Å². The zero-order valence-electron chi connectivity index (χ0n) is 19.0. The van der Waals surface area contributed by atoms with Crippen molar-refractivity contribution in [2.45, 2.75) is 38.8 Å². The van der Waals surface area contributed by atoms with Crippen LogP contribution in [0, 0.1) is 18.8 Å². The molecule has 1 saturated carbocycles. The van der Waals surface area contributed by atoms with E-state index in [1.807, 2.05) is 37.3 Å². The minimum Gasteiger partial charge on any atom is -0.492 e. The van der Waals surface area contributed by atoms with E-state index in [0.717, 1.165) is 42.9 Å². The van der Waals surface area contributed by atoms with Crippen LogP contribution in [0.3, 0.4) is 0 Å². The van der Waals surface area contributed by atoms with Crippen molar-refractivity contribution in [1.82, 2.24) is 14.2 Å². The molecule has 9 nitrogen and oxygen atoms in total. The van der Waals surface area contributed by atoms with Crippen LogP contribution < -0.4 is 32.5 Å². The van der Waals surface area contributed by atoms with Crippen molar-refractivity contribution in [2.24, 2.45) is 17.6 Å². The molecule has 0 bridgehead atoms. The molecule has 1 saturated heterocycles. The summed E-state index contributed by atoms with van der Waals surface area (Å²) in [5.74, 6) is 7.17. The fraction of sp³-hybridized carbons (Fsp3) is 0.458. The van der Waals surface area contributed by atoms with Gasteiger partial charge in [0.25, 0.3) is 0 Å². The Morgan fingerprint density at radius 1 is 1.18 bits per heavy atom. The fourth-order valence-electron chi connectivity index (χ4n) is 5.02. The molecule has 1 aliphatic heterocycles. The molecule has 3 atom stereocenters. The minimum absolute atomic E-state index is 0.0694. The van der Waals surface area contributed by atoms with Crippen molar-refractivity contribution < 1.29 is 4.74 Å². The number of nitrogen functional groups attached to an aromatic ring is 1. The number of fused-ring (bicyclic) bond motifs is 1. The van der Waals surface area contributed by atoms with Crippen molar-refractivity contribution in [3.63, 3.8) is 0 Å². The molecule has 2 fully saturated rings. The second-order valence-electron chi connectivity index (χ2n) is 9.36. The first-order chi connectivity index (χ1) is 15.9. The Bertz CT molecular complexity index is 1300. The maximum atomic E-state index is 12.8. The van der Waals surface area contributed by atoms with Gasteiger partial charge in [0.15, 0.2) is 5.52 Å². The monoisotopic (exact) mass is 450 g/mol.